The average Bonchev–Trinajstić information content (AvgIpc) is 3.34. The monoisotopic (exact) mass is 338 g/mol. The van der Waals surface area contributed by atoms with Gasteiger partial charge in [0.1, 0.15) is 5.75 Å². The number of phenolic OH excluding ortho intramolecular Hbond substituents is 1. The predicted molar refractivity (Wildman–Crippen MR) is 91.2 cm³/mol. The zero-order valence-corrected chi connectivity index (χ0v) is 13.4. The number of amides is 1. The molecule has 4 rings (SSSR count). The van der Waals surface area contributed by atoms with Crippen LogP contribution in [-0.4, -0.2) is 21.7 Å². The molecule has 2 aromatic heterocycles. The van der Waals surface area contributed by atoms with Gasteiger partial charge in [-0.3, -0.25) is 4.79 Å². The van der Waals surface area contributed by atoms with Crippen LogP contribution in [0.4, 0.5) is 0 Å². The highest BCUT2D eigenvalue weighted by molar-refractivity contribution is 7.12. The highest BCUT2D eigenvalue weighted by atomic mass is 32.1. The van der Waals surface area contributed by atoms with Gasteiger partial charge in [-0.25, -0.2) is 5.01 Å². The molecule has 1 N–H and O–H groups in total. The van der Waals surface area contributed by atoms with E-state index < -0.39 is 0 Å². The van der Waals surface area contributed by atoms with Crippen LogP contribution >= 0.6 is 11.3 Å². The lowest BCUT2D eigenvalue weighted by molar-refractivity contribution is 0.0678. The summed E-state index contributed by atoms with van der Waals surface area (Å²) in [5, 5.41) is 17.7. The van der Waals surface area contributed by atoms with Crippen LogP contribution in [0.15, 0.2) is 69.7 Å². The highest BCUT2D eigenvalue weighted by Gasteiger charge is 2.35. The molecule has 3 aromatic rings. The van der Waals surface area contributed by atoms with Gasteiger partial charge in [0.2, 0.25) is 0 Å². The Balaban J connectivity index is 1.73. The maximum atomic E-state index is 12.8. The number of hydrogen-bond acceptors (Lipinski definition) is 5. The number of furan rings is 1. The molecule has 0 bridgehead atoms. The summed E-state index contributed by atoms with van der Waals surface area (Å²) in [6.45, 7) is 0. The number of nitrogens with zero attached hydrogens (tertiary/aromatic N) is 2. The number of thiophene rings is 1. The molecule has 6 heteroatoms. The minimum Gasteiger partial charge on any atom is -0.508 e. The van der Waals surface area contributed by atoms with Crippen molar-refractivity contribution in [2.45, 2.75) is 12.5 Å². The number of hydrazone groups is 1. The van der Waals surface area contributed by atoms with Crippen molar-refractivity contribution in [1.82, 2.24) is 5.01 Å². The van der Waals surface area contributed by atoms with Crippen molar-refractivity contribution >= 4 is 23.0 Å². The number of hydrogen-bond donors (Lipinski definition) is 1. The molecular formula is C18H14N2O3S. The first-order valence-corrected chi connectivity index (χ1v) is 8.37. The zero-order valence-electron chi connectivity index (χ0n) is 12.6. The normalized spacial score (nSPS) is 17.1. The van der Waals surface area contributed by atoms with Crippen LogP contribution in [0.5, 0.6) is 5.75 Å². The van der Waals surface area contributed by atoms with Gasteiger partial charge in [0.05, 0.1) is 22.9 Å². The molecule has 1 aromatic carbocycles. The van der Waals surface area contributed by atoms with Crippen molar-refractivity contribution in [1.29, 1.82) is 0 Å². The standard InChI is InChI=1S/C18H14N2O3S/c21-13-5-1-4-12(10-13)15-11-14(17-7-3-9-24-17)19-20(15)18(22)16-6-2-8-23-16/h1-10,15,21H,11H2/t15-/m1/s1. The lowest BCUT2D eigenvalue weighted by Crippen LogP contribution is -2.26. The van der Waals surface area contributed by atoms with Gasteiger partial charge in [0.15, 0.2) is 5.76 Å². The lowest BCUT2D eigenvalue weighted by atomic mass is 10.0. The fraction of sp³-hybridized carbons (Fsp3) is 0.111. The Labute approximate surface area is 142 Å². The van der Waals surface area contributed by atoms with Crippen LogP contribution in [0.2, 0.25) is 0 Å². The van der Waals surface area contributed by atoms with E-state index in [1.165, 1.54) is 11.3 Å². The molecule has 5 nitrogen and oxygen atoms in total. The predicted octanol–water partition coefficient (Wildman–Crippen LogP) is 4.04. The fourth-order valence-corrected chi connectivity index (χ4v) is 3.52. The van der Waals surface area contributed by atoms with Crippen LogP contribution < -0.4 is 0 Å². The van der Waals surface area contributed by atoms with Gasteiger partial charge in [-0.15, -0.1) is 11.3 Å². The Morgan fingerprint density at radius 2 is 2.17 bits per heavy atom. The van der Waals surface area contributed by atoms with Crippen molar-refractivity contribution in [3.05, 3.63) is 76.4 Å². The van der Waals surface area contributed by atoms with Gasteiger partial charge >= 0.3 is 5.91 Å². The number of rotatable bonds is 3. The molecule has 1 amide bonds. The number of aromatic hydroxyl groups is 1. The van der Waals surface area contributed by atoms with Gasteiger partial charge in [0, 0.05) is 6.42 Å². The summed E-state index contributed by atoms with van der Waals surface area (Å²) < 4.78 is 5.23. The van der Waals surface area contributed by atoms with E-state index in [4.69, 9.17) is 4.42 Å². The molecule has 0 saturated heterocycles. The first-order chi connectivity index (χ1) is 11.7. The van der Waals surface area contributed by atoms with E-state index in [1.54, 1.807) is 41.7 Å². The Bertz CT molecular complexity index is 885. The quantitative estimate of drug-likeness (QED) is 0.784. The van der Waals surface area contributed by atoms with Crippen molar-refractivity contribution in [2.24, 2.45) is 5.10 Å². The third-order valence-electron chi connectivity index (χ3n) is 3.91. The van der Waals surface area contributed by atoms with E-state index in [0.717, 1.165) is 16.2 Å². The lowest BCUT2D eigenvalue weighted by Gasteiger charge is -2.21. The molecule has 1 aliphatic rings. The van der Waals surface area contributed by atoms with Crippen molar-refractivity contribution in [2.75, 3.05) is 0 Å². The minimum atomic E-state index is -0.292. The van der Waals surface area contributed by atoms with E-state index in [9.17, 15) is 9.90 Å². The smallest absolute Gasteiger partial charge is 0.310 e. The van der Waals surface area contributed by atoms with E-state index in [2.05, 4.69) is 5.10 Å². The summed E-state index contributed by atoms with van der Waals surface area (Å²) in [6, 6.07) is 13.9. The summed E-state index contributed by atoms with van der Waals surface area (Å²) in [5.74, 6) is 0.124. The van der Waals surface area contributed by atoms with Gasteiger partial charge in [-0.05, 0) is 41.3 Å². The van der Waals surface area contributed by atoms with Gasteiger partial charge in [-0.2, -0.15) is 5.10 Å². The van der Waals surface area contributed by atoms with E-state index in [-0.39, 0.29) is 23.5 Å². The third-order valence-corrected chi connectivity index (χ3v) is 4.83. The number of carbonyl (C=O) groups excluding carboxylic acids is 1. The van der Waals surface area contributed by atoms with Crippen LogP contribution in [0.25, 0.3) is 0 Å². The van der Waals surface area contributed by atoms with E-state index >= 15 is 0 Å². The molecule has 0 fully saturated rings. The first-order valence-electron chi connectivity index (χ1n) is 7.50. The molecule has 24 heavy (non-hydrogen) atoms. The first kappa shape index (κ1) is 14.7. The Morgan fingerprint density at radius 3 is 2.88 bits per heavy atom. The number of phenols is 1. The second-order valence-corrected chi connectivity index (χ2v) is 6.41. The van der Waals surface area contributed by atoms with Crippen LogP contribution in [0.3, 0.4) is 0 Å². The average molecular weight is 338 g/mol. The third kappa shape index (κ3) is 2.61. The second-order valence-electron chi connectivity index (χ2n) is 5.47. The number of benzene rings is 1. The maximum absolute atomic E-state index is 12.8. The van der Waals surface area contributed by atoms with Crippen LogP contribution in [0.1, 0.15) is 33.5 Å². The van der Waals surface area contributed by atoms with Crippen molar-refractivity contribution in [3.8, 4) is 5.75 Å². The van der Waals surface area contributed by atoms with E-state index in [1.807, 2.05) is 23.6 Å². The van der Waals surface area contributed by atoms with Gasteiger partial charge in [0.25, 0.3) is 0 Å². The summed E-state index contributed by atoms with van der Waals surface area (Å²) in [4.78, 5) is 13.8. The molecule has 0 radical (unpaired) electrons. The van der Waals surface area contributed by atoms with Gasteiger partial charge in [-0.1, -0.05) is 18.2 Å². The Kier molecular flexibility index (Phi) is 3.66. The molecule has 0 aliphatic carbocycles. The Hall–Kier alpha value is -2.86. The summed E-state index contributed by atoms with van der Waals surface area (Å²) in [7, 11) is 0. The SMILES string of the molecule is O=C(c1ccco1)N1N=C(c2cccs2)C[C@@H]1c1cccc(O)c1. The maximum Gasteiger partial charge on any atom is 0.310 e. The van der Waals surface area contributed by atoms with Crippen LogP contribution in [0, 0.1) is 0 Å². The summed E-state index contributed by atoms with van der Waals surface area (Å²) in [5.41, 5.74) is 1.70. The van der Waals surface area contributed by atoms with Crippen molar-refractivity contribution < 1.29 is 14.3 Å². The molecule has 0 spiro atoms. The minimum absolute atomic E-state index is 0.169. The molecule has 3 heterocycles. The van der Waals surface area contributed by atoms with E-state index in [0.29, 0.717) is 6.42 Å². The van der Waals surface area contributed by atoms with Gasteiger partial charge < -0.3 is 9.52 Å². The second kappa shape index (κ2) is 5.98. The topological polar surface area (TPSA) is 66.0 Å². The number of carbonyl (C=O) groups is 1. The van der Waals surface area contributed by atoms with Crippen molar-refractivity contribution in [3.63, 3.8) is 0 Å². The summed E-state index contributed by atoms with van der Waals surface area (Å²) >= 11 is 1.59. The summed E-state index contributed by atoms with van der Waals surface area (Å²) in [6.07, 6.45) is 2.06. The highest BCUT2D eigenvalue weighted by Crippen LogP contribution is 2.35. The molecule has 1 atom stereocenters. The zero-order chi connectivity index (χ0) is 16.5. The molecule has 120 valence electrons. The molecular weight excluding hydrogens is 324 g/mol. The largest absolute Gasteiger partial charge is 0.508 e. The Morgan fingerprint density at radius 1 is 1.25 bits per heavy atom. The fourth-order valence-electron chi connectivity index (χ4n) is 2.79. The molecule has 0 saturated carbocycles. The molecule has 0 unspecified atom stereocenters. The van der Waals surface area contributed by atoms with Crippen LogP contribution in [-0.2, 0) is 0 Å². The molecule has 1 aliphatic heterocycles.